The second-order valence-electron chi connectivity index (χ2n) is 4.61. The van der Waals surface area contributed by atoms with Crippen LogP contribution in [-0.4, -0.2) is 15.7 Å². The van der Waals surface area contributed by atoms with Gasteiger partial charge in [-0.25, -0.2) is 4.52 Å². The number of nitrogens with zero attached hydrogens (tertiary/aromatic N) is 2. The lowest BCUT2D eigenvalue weighted by Crippen LogP contribution is -2.30. The third-order valence-electron chi connectivity index (χ3n) is 3.12. The molecule has 0 fully saturated rings. The van der Waals surface area contributed by atoms with Crippen LogP contribution < -0.4 is 5.32 Å². The Balaban J connectivity index is 2.10. The molecule has 0 amide bonds. The summed E-state index contributed by atoms with van der Waals surface area (Å²) in [6, 6.07) is 6.67. The fraction of sp³-hybridized carbons (Fsp3) is 0.462. The molecule has 2 rings (SSSR count). The molecule has 2 aromatic rings. The second kappa shape index (κ2) is 4.66. The van der Waals surface area contributed by atoms with Crippen LogP contribution in [0.4, 0.5) is 0 Å². The highest BCUT2D eigenvalue weighted by Crippen LogP contribution is 2.10. The Labute approximate surface area is 96.5 Å². The molecule has 0 saturated heterocycles. The van der Waals surface area contributed by atoms with Gasteiger partial charge in [-0.1, -0.05) is 19.9 Å². The van der Waals surface area contributed by atoms with E-state index in [1.54, 1.807) is 0 Å². The lowest BCUT2D eigenvalue weighted by atomic mass is 10.1. The van der Waals surface area contributed by atoms with E-state index >= 15 is 0 Å². The van der Waals surface area contributed by atoms with E-state index in [-0.39, 0.29) is 0 Å². The molecule has 0 bridgehead atoms. The third-order valence-corrected chi connectivity index (χ3v) is 3.12. The smallest absolute Gasteiger partial charge is 0.0706 e. The molecule has 1 atom stereocenters. The molecule has 0 aliphatic heterocycles. The first kappa shape index (κ1) is 11.1. The van der Waals surface area contributed by atoms with Crippen LogP contribution in [0.3, 0.4) is 0 Å². The number of rotatable bonds is 4. The van der Waals surface area contributed by atoms with Gasteiger partial charge < -0.3 is 5.32 Å². The lowest BCUT2D eigenvalue weighted by Gasteiger charge is -2.16. The molecule has 0 aliphatic rings. The van der Waals surface area contributed by atoms with E-state index in [0.717, 1.165) is 6.54 Å². The molecule has 0 aromatic carbocycles. The summed E-state index contributed by atoms with van der Waals surface area (Å²) in [6.45, 7) is 7.56. The van der Waals surface area contributed by atoms with E-state index in [0.29, 0.717) is 12.0 Å². The molecule has 0 saturated carbocycles. The Morgan fingerprint density at radius 1 is 1.31 bits per heavy atom. The van der Waals surface area contributed by atoms with Crippen molar-refractivity contribution in [2.45, 2.75) is 33.4 Å². The van der Waals surface area contributed by atoms with Gasteiger partial charge in [0.1, 0.15) is 0 Å². The molecule has 86 valence electrons. The van der Waals surface area contributed by atoms with Crippen LogP contribution >= 0.6 is 0 Å². The average molecular weight is 217 g/mol. The minimum atomic E-state index is 0.527. The van der Waals surface area contributed by atoms with E-state index in [1.165, 1.54) is 11.1 Å². The maximum absolute atomic E-state index is 4.32. The number of fused-ring (bicyclic) bond motifs is 1. The van der Waals surface area contributed by atoms with E-state index in [1.807, 2.05) is 29.0 Å². The highest BCUT2D eigenvalue weighted by Gasteiger charge is 2.08. The number of nitrogens with one attached hydrogen (secondary N) is 1. The van der Waals surface area contributed by atoms with Gasteiger partial charge in [0, 0.05) is 24.3 Å². The molecule has 1 N–H and O–H groups in total. The Morgan fingerprint density at radius 3 is 2.88 bits per heavy atom. The van der Waals surface area contributed by atoms with Crippen LogP contribution in [0.25, 0.3) is 5.52 Å². The lowest BCUT2D eigenvalue weighted by molar-refractivity contribution is 0.427. The van der Waals surface area contributed by atoms with Crippen molar-refractivity contribution in [3.8, 4) is 0 Å². The first-order valence-electron chi connectivity index (χ1n) is 5.83. The quantitative estimate of drug-likeness (QED) is 0.852. The van der Waals surface area contributed by atoms with Crippen molar-refractivity contribution >= 4 is 5.52 Å². The van der Waals surface area contributed by atoms with Crippen molar-refractivity contribution in [3.63, 3.8) is 0 Å². The van der Waals surface area contributed by atoms with E-state index in [4.69, 9.17) is 0 Å². The molecule has 3 heteroatoms. The molecule has 0 aliphatic carbocycles. The third kappa shape index (κ3) is 2.25. The molecule has 3 nitrogen and oxygen atoms in total. The minimum Gasteiger partial charge on any atom is -0.310 e. The fourth-order valence-corrected chi connectivity index (χ4v) is 1.63. The predicted octanol–water partition coefficient (Wildman–Crippen LogP) is 2.47. The van der Waals surface area contributed by atoms with Gasteiger partial charge in [0.15, 0.2) is 0 Å². The Kier molecular flexibility index (Phi) is 3.25. The molecular weight excluding hydrogens is 198 g/mol. The number of pyridine rings is 1. The minimum absolute atomic E-state index is 0.527. The van der Waals surface area contributed by atoms with E-state index in [2.05, 4.69) is 37.3 Å². The summed E-state index contributed by atoms with van der Waals surface area (Å²) < 4.78 is 1.91. The van der Waals surface area contributed by atoms with Crippen LogP contribution in [0.15, 0.2) is 30.6 Å². The average Bonchev–Trinajstić information content (AvgIpc) is 2.69. The van der Waals surface area contributed by atoms with Gasteiger partial charge in [-0.15, -0.1) is 0 Å². The molecule has 16 heavy (non-hydrogen) atoms. The van der Waals surface area contributed by atoms with Crippen molar-refractivity contribution in [3.05, 3.63) is 36.2 Å². The van der Waals surface area contributed by atoms with Crippen molar-refractivity contribution in [2.24, 2.45) is 5.92 Å². The fourth-order valence-electron chi connectivity index (χ4n) is 1.63. The molecule has 0 radical (unpaired) electrons. The van der Waals surface area contributed by atoms with Gasteiger partial charge >= 0.3 is 0 Å². The number of hydrogen-bond acceptors (Lipinski definition) is 2. The highest BCUT2D eigenvalue weighted by molar-refractivity contribution is 5.53. The summed E-state index contributed by atoms with van der Waals surface area (Å²) in [5.41, 5.74) is 2.44. The second-order valence-corrected chi connectivity index (χ2v) is 4.61. The first-order chi connectivity index (χ1) is 7.68. The van der Waals surface area contributed by atoms with Gasteiger partial charge in [0.2, 0.25) is 0 Å². The van der Waals surface area contributed by atoms with E-state index < -0.39 is 0 Å². The van der Waals surface area contributed by atoms with Crippen LogP contribution in [0.1, 0.15) is 26.3 Å². The summed E-state index contributed by atoms with van der Waals surface area (Å²) in [4.78, 5) is 0. The number of hydrogen-bond donors (Lipinski definition) is 1. The van der Waals surface area contributed by atoms with Crippen LogP contribution in [0, 0.1) is 5.92 Å². The van der Waals surface area contributed by atoms with Crippen molar-refractivity contribution in [1.29, 1.82) is 0 Å². The van der Waals surface area contributed by atoms with Crippen LogP contribution in [0.2, 0.25) is 0 Å². The largest absolute Gasteiger partial charge is 0.310 e. The maximum Gasteiger partial charge on any atom is 0.0706 e. The Hall–Kier alpha value is -1.35. The Bertz CT molecular complexity index is 459. The monoisotopic (exact) mass is 217 g/mol. The van der Waals surface area contributed by atoms with Crippen molar-refractivity contribution < 1.29 is 0 Å². The zero-order valence-electron chi connectivity index (χ0n) is 10.1. The normalized spacial score (nSPS) is 13.5. The topological polar surface area (TPSA) is 29.3 Å². The van der Waals surface area contributed by atoms with Gasteiger partial charge in [-0.3, -0.25) is 0 Å². The summed E-state index contributed by atoms with van der Waals surface area (Å²) in [5.74, 6) is 0.654. The zero-order valence-corrected chi connectivity index (χ0v) is 10.1. The molecule has 0 spiro atoms. The van der Waals surface area contributed by atoms with Gasteiger partial charge in [-0.2, -0.15) is 5.10 Å². The zero-order chi connectivity index (χ0) is 11.5. The summed E-state index contributed by atoms with van der Waals surface area (Å²) in [6.07, 6.45) is 3.92. The molecule has 2 aromatic heterocycles. The number of aromatic nitrogens is 2. The van der Waals surface area contributed by atoms with Crippen molar-refractivity contribution in [2.75, 3.05) is 0 Å². The van der Waals surface area contributed by atoms with E-state index in [9.17, 15) is 0 Å². The van der Waals surface area contributed by atoms with Crippen molar-refractivity contribution in [1.82, 2.24) is 14.9 Å². The van der Waals surface area contributed by atoms with Gasteiger partial charge in [0.25, 0.3) is 0 Å². The van der Waals surface area contributed by atoms with Gasteiger partial charge in [0.05, 0.1) is 11.7 Å². The summed E-state index contributed by atoms with van der Waals surface area (Å²) in [7, 11) is 0. The SMILES string of the molecule is CC(C)C(C)NCc1cnn2ccccc12. The van der Waals surface area contributed by atoms with Crippen LogP contribution in [-0.2, 0) is 6.54 Å². The Morgan fingerprint density at radius 2 is 2.12 bits per heavy atom. The highest BCUT2D eigenvalue weighted by atomic mass is 15.2. The van der Waals surface area contributed by atoms with Gasteiger partial charge in [-0.05, 0) is 25.0 Å². The maximum atomic E-state index is 4.32. The predicted molar refractivity (Wildman–Crippen MR) is 66.3 cm³/mol. The molecular formula is C13H19N3. The standard InChI is InChI=1S/C13H19N3/c1-10(2)11(3)14-8-12-9-15-16-7-5-4-6-13(12)16/h4-7,9-11,14H,8H2,1-3H3. The first-order valence-corrected chi connectivity index (χ1v) is 5.83. The molecule has 1 unspecified atom stereocenters. The summed E-state index contributed by atoms with van der Waals surface area (Å²) in [5, 5.41) is 7.84. The molecule has 2 heterocycles. The van der Waals surface area contributed by atoms with Crippen LogP contribution in [0.5, 0.6) is 0 Å². The summed E-state index contributed by atoms with van der Waals surface area (Å²) >= 11 is 0.